The molecule has 1 aliphatic carbocycles. The molecule has 0 aliphatic heterocycles. The van der Waals surface area contributed by atoms with Gasteiger partial charge in [-0.2, -0.15) is 0 Å². The van der Waals surface area contributed by atoms with Gasteiger partial charge in [0.15, 0.2) is 0 Å². The first-order chi connectivity index (χ1) is 16.0. The number of anilines is 1. The van der Waals surface area contributed by atoms with Crippen LogP contribution in [0.5, 0.6) is 0 Å². The highest BCUT2D eigenvalue weighted by molar-refractivity contribution is 9.10. The second-order valence-corrected chi connectivity index (χ2v) is 12.3. The first kappa shape index (κ1) is 26.7. The van der Waals surface area contributed by atoms with Gasteiger partial charge in [-0.05, 0) is 55.7 Å². The predicted octanol–water partition coefficient (Wildman–Crippen LogP) is 4.45. The van der Waals surface area contributed by atoms with E-state index < -0.39 is 28.5 Å². The third kappa shape index (κ3) is 7.29. The highest BCUT2D eigenvalue weighted by Gasteiger charge is 2.31. The highest BCUT2D eigenvalue weighted by atomic mass is 79.9. The number of carbonyl (C=O) groups is 2. The van der Waals surface area contributed by atoms with Gasteiger partial charge in [-0.25, -0.2) is 8.42 Å². The summed E-state index contributed by atoms with van der Waals surface area (Å²) in [5.41, 5.74) is 1.21. The monoisotopic (exact) mass is 613 g/mol. The molecule has 1 atom stereocenters. The van der Waals surface area contributed by atoms with E-state index in [9.17, 15) is 18.0 Å². The van der Waals surface area contributed by atoms with Gasteiger partial charge < -0.3 is 10.2 Å². The topological polar surface area (TPSA) is 86.8 Å². The number of rotatable bonds is 9. The van der Waals surface area contributed by atoms with Gasteiger partial charge >= 0.3 is 0 Å². The lowest BCUT2D eigenvalue weighted by Gasteiger charge is -2.32. The molecule has 2 amide bonds. The number of hydrogen-bond acceptors (Lipinski definition) is 4. The van der Waals surface area contributed by atoms with E-state index in [4.69, 9.17) is 0 Å². The predicted molar refractivity (Wildman–Crippen MR) is 141 cm³/mol. The summed E-state index contributed by atoms with van der Waals surface area (Å²) in [5.74, 6) is -0.687. The maximum Gasteiger partial charge on any atom is 0.244 e. The lowest BCUT2D eigenvalue weighted by molar-refractivity contribution is -0.139. The number of halogens is 2. The van der Waals surface area contributed by atoms with E-state index >= 15 is 0 Å². The van der Waals surface area contributed by atoms with Crippen molar-refractivity contribution in [2.45, 2.75) is 51.2 Å². The van der Waals surface area contributed by atoms with Gasteiger partial charge in [0.2, 0.25) is 21.8 Å². The van der Waals surface area contributed by atoms with Crippen molar-refractivity contribution >= 4 is 59.4 Å². The van der Waals surface area contributed by atoms with E-state index in [0.717, 1.165) is 46.3 Å². The Morgan fingerprint density at radius 3 is 2.29 bits per heavy atom. The van der Waals surface area contributed by atoms with Gasteiger partial charge in [0, 0.05) is 21.5 Å². The van der Waals surface area contributed by atoms with Gasteiger partial charge in [0.05, 0.1) is 11.9 Å². The normalized spacial score (nSPS) is 15.1. The third-order valence-electron chi connectivity index (χ3n) is 5.91. The molecular formula is C24H29Br2N3O4S. The first-order valence-electron chi connectivity index (χ1n) is 11.1. The largest absolute Gasteiger partial charge is 0.352 e. The molecule has 7 nitrogen and oxygen atoms in total. The van der Waals surface area contributed by atoms with Gasteiger partial charge in [0.25, 0.3) is 0 Å². The average molecular weight is 615 g/mol. The molecule has 0 radical (unpaired) electrons. The average Bonchev–Trinajstić information content (AvgIpc) is 3.28. The SMILES string of the molecule is C[C@H](C(=O)NC1CCCC1)N(Cc1ccc(Br)cc1)C(=O)CN(c1cccc(Br)c1)S(C)(=O)=O. The van der Waals surface area contributed by atoms with Crippen LogP contribution in [0, 0.1) is 0 Å². The summed E-state index contributed by atoms with van der Waals surface area (Å²) < 4.78 is 27.8. The molecule has 0 bridgehead atoms. The fourth-order valence-electron chi connectivity index (χ4n) is 4.01. The second-order valence-electron chi connectivity index (χ2n) is 8.56. The van der Waals surface area contributed by atoms with Crippen molar-refractivity contribution in [1.82, 2.24) is 10.2 Å². The molecule has 184 valence electrons. The zero-order chi connectivity index (χ0) is 24.9. The fraction of sp³-hybridized carbons (Fsp3) is 0.417. The maximum atomic E-state index is 13.5. The number of benzene rings is 2. The Hall–Kier alpha value is -1.91. The Bertz CT molecular complexity index is 1120. The van der Waals surface area contributed by atoms with E-state index in [1.54, 1.807) is 31.2 Å². The zero-order valence-corrected chi connectivity index (χ0v) is 23.2. The van der Waals surface area contributed by atoms with Crippen LogP contribution < -0.4 is 9.62 Å². The number of sulfonamides is 1. The van der Waals surface area contributed by atoms with Crippen LogP contribution in [0.25, 0.3) is 0 Å². The molecule has 0 aromatic heterocycles. The molecule has 0 saturated heterocycles. The first-order valence-corrected chi connectivity index (χ1v) is 14.6. The Morgan fingerprint density at radius 1 is 1.06 bits per heavy atom. The summed E-state index contributed by atoms with van der Waals surface area (Å²) in [6.45, 7) is 1.46. The van der Waals surface area contributed by atoms with Crippen LogP contribution in [0.2, 0.25) is 0 Å². The van der Waals surface area contributed by atoms with Gasteiger partial charge in [-0.15, -0.1) is 0 Å². The Morgan fingerprint density at radius 2 is 1.71 bits per heavy atom. The fourth-order valence-corrected chi connectivity index (χ4v) is 5.50. The Balaban J connectivity index is 1.87. The molecule has 2 aromatic carbocycles. The molecule has 10 heteroatoms. The third-order valence-corrected chi connectivity index (χ3v) is 8.07. The smallest absolute Gasteiger partial charge is 0.244 e. The molecule has 1 aliphatic rings. The van der Waals surface area contributed by atoms with E-state index in [0.29, 0.717) is 10.2 Å². The molecular weight excluding hydrogens is 586 g/mol. The van der Waals surface area contributed by atoms with Crippen LogP contribution in [0.1, 0.15) is 38.2 Å². The minimum atomic E-state index is -3.75. The van der Waals surface area contributed by atoms with E-state index in [-0.39, 0.29) is 18.5 Å². The maximum absolute atomic E-state index is 13.5. The second kappa shape index (κ2) is 11.7. The number of carbonyl (C=O) groups excluding carboxylic acids is 2. The molecule has 0 spiro atoms. The van der Waals surface area contributed by atoms with E-state index in [2.05, 4.69) is 37.2 Å². The lowest BCUT2D eigenvalue weighted by atomic mass is 10.1. The molecule has 0 unspecified atom stereocenters. The van der Waals surface area contributed by atoms with Crippen molar-refractivity contribution in [1.29, 1.82) is 0 Å². The number of nitrogens with one attached hydrogen (secondary N) is 1. The molecule has 1 saturated carbocycles. The molecule has 2 aromatic rings. The van der Waals surface area contributed by atoms with Crippen molar-refractivity contribution in [2.24, 2.45) is 0 Å². The van der Waals surface area contributed by atoms with E-state index in [1.807, 2.05) is 24.3 Å². The van der Waals surface area contributed by atoms with Crippen molar-refractivity contribution in [3.63, 3.8) is 0 Å². The Kier molecular flexibility index (Phi) is 9.17. The van der Waals surface area contributed by atoms with Crippen molar-refractivity contribution in [3.8, 4) is 0 Å². The van der Waals surface area contributed by atoms with Crippen molar-refractivity contribution in [3.05, 3.63) is 63.0 Å². The van der Waals surface area contributed by atoms with Crippen LogP contribution in [-0.2, 0) is 26.2 Å². The number of hydrogen-bond donors (Lipinski definition) is 1. The summed E-state index contributed by atoms with van der Waals surface area (Å²) in [5, 5.41) is 3.05. The van der Waals surface area contributed by atoms with E-state index in [1.165, 1.54) is 4.90 Å². The lowest BCUT2D eigenvalue weighted by Crippen LogP contribution is -2.52. The molecule has 34 heavy (non-hydrogen) atoms. The molecule has 0 heterocycles. The van der Waals surface area contributed by atoms with Crippen LogP contribution in [0.4, 0.5) is 5.69 Å². The van der Waals surface area contributed by atoms with Crippen LogP contribution >= 0.6 is 31.9 Å². The molecule has 1 fully saturated rings. The van der Waals surface area contributed by atoms with Crippen molar-refractivity contribution in [2.75, 3.05) is 17.1 Å². The minimum absolute atomic E-state index is 0.119. The summed E-state index contributed by atoms with van der Waals surface area (Å²) in [7, 11) is -3.75. The standard InChI is InChI=1S/C24H29Br2N3O4S/c1-17(24(31)27-21-7-3-4-8-21)28(15-18-10-12-19(25)13-11-18)23(30)16-29(34(2,32)33)22-9-5-6-20(26)14-22/h5-6,9-14,17,21H,3-4,7-8,15-16H2,1-2H3,(H,27,31)/t17-/m1/s1. The number of nitrogens with zero attached hydrogens (tertiary/aromatic N) is 2. The zero-order valence-electron chi connectivity index (χ0n) is 19.2. The summed E-state index contributed by atoms with van der Waals surface area (Å²) in [6.07, 6.45) is 5.10. The van der Waals surface area contributed by atoms with Crippen LogP contribution in [0.3, 0.4) is 0 Å². The highest BCUT2D eigenvalue weighted by Crippen LogP contribution is 2.23. The quantitative estimate of drug-likeness (QED) is 0.452. The molecule has 3 rings (SSSR count). The van der Waals surface area contributed by atoms with Gasteiger partial charge in [-0.3, -0.25) is 13.9 Å². The molecule has 1 N–H and O–H groups in total. The summed E-state index contributed by atoms with van der Waals surface area (Å²) in [4.78, 5) is 28.0. The minimum Gasteiger partial charge on any atom is -0.352 e. The number of amides is 2. The summed E-state index contributed by atoms with van der Waals surface area (Å²) >= 11 is 6.76. The van der Waals surface area contributed by atoms with Crippen molar-refractivity contribution < 1.29 is 18.0 Å². The van der Waals surface area contributed by atoms with Gasteiger partial charge in [0.1, 0.15) is 12.6 Å². The van der Waals surface area contributed by atoms with Crippen LogP contribution in [0.15, 0.2) is 57.5 Å². The van der Waals surface area contributed by atoms with Gasteiger partial charge in [-0.1, -0.05) is 62.9 Å². The van der Waals surface area contributed by atoms with Crippen LogP contribution in [-0.4, -0.2) is 50.0 Å². The summed E-state index contributed by atoms with van der Waals surface area (Å²) in [6, 6.07) is 13.6. The Labute approximate surface area is 218 Å².